The maximum absolute atomic E-state index is 9.77. The van der Waals surface area contributed by atoms with Crippen LogP contribution in [0.3, 0.4) is 0 Å². The second kappa shape index (κ2) is 18.8. The Morgan fingerprint density at radius 1 is 0.950 bits per heavy atom. The van der Waals surface area contributed by atoms with Gasteiger partial charge in [-0.3, -0.25) is 4.79 Å². The molecule has 0 fully saturated rings. The summed E-state index contributed by atoms with van der Waals surface area (Å²) in [4.78, 5) is 9.77. The minimum atomic E-state index is -0.956. The fraction of sp³-hybridized carbons (Fsp3) is 0.938. The molecule has 0 aliphatic rings. The molecule has 0 aliphatic heterocycles. The zero-order chi connectivity index (χ0) is 15.6. The molecule has 0 radical (unpaired) electrons. The first-order valence-corrected chi connectivity index (χ1v) is 8.67. The van der Waals surface area contributed by atoms with Crippen LogP contribution in [0.4, 0.5) is 0 Å². The molecule has 4 heteroatoms. The molecule has 0 saturated carbocycles. The van der Waals surface area contributed by atoms with Crippen molar-refractivity contribution in [1.29, 1.82) is 0 Å². The summed E-state index contributed by atoms with van der Waals surface area (Å²) in [5.41, 5.74) is 0. The quantitative estimate of drug-likeness (QED) is 0.366. The topological polar surface area (TPSA) is 57.5 Å². The number of thiol groups is 1. The number of aliphatic hydroxyl groups is 1. The van der Waals surface area contributed by atoms with Crippen molar-refractivity contribution < 1.29 is 15.0 Å². The lowest BCUT2D eigenvalue weighted by Crippen LogP contribution is -2.12. The van der Waals surface area contributed by atoms with Gasteiger partial charge in [-0.05, 0) is 19.1 Å². The van der Waals surface area contributed by atoms with Gasteiger partial charge in [-0.1, -0.05) is 64.7 Å². The van der Waals surface area contributed by atoms with Crippen LogP contribution in [0.25, 0.3) is 0 Å². The first kappa shape index (κ1) is 22.1. The molecule has 3 nitrogen and oxygen atoms in total. The van der Waals surface area contributed by atoms with Crippen LogP contribution in [0.15, 0.2) is 0 Å². The molecule has 0 bridgehead atoms. The molecule has 0 aromatic heterocycles. The fourth-order valence-corrected chi connectivity index (χ4v) is 1.90. The molecule has 0 aromatic rings. The number of aliphatic hydroxyl groups excluding tert-OH is 1. The molecule has 122 valence electrons. The number of unbranched alkanes of at least 4 members (excludes halogenated alkanes) is 9. The monoisotopic (exact) mass is 306 g/mol. The Kier molecular flexibility index (Phi) is 20.7. The van der Waals surface area contributed by atoms with Crippen molar-refractivity contribution in [3.8, 4) is 0 Å². The van der Waals surface area contributed by atoms with Gasteiger partial charge in [0.1, 0.15) is 0 Å². The van der Waals surface area contributed by atoms with Crippen LogP contribution in [0, 0.1) is 5.92 Å². The molecule has 1 atom stereocenters. The maximum atomic E-state index is 9.77. The van der Waals surface area contributed by atoms with E-state index in [9.17, 15) is 4.79 Å². The summed E-state index contributed by atoms with van der Waals surface area (Å²) in [6.07, 6.45) is 14.2. The number of hydrogen-bond donors (Lipinski definition) is 3. The van der Waals surface area contributed by atoms with E-state index in [1.807, 2.05) is 0 Å². The van der Waals surface area contributed by atoms with Crippen LogP contribution in [-0.2, 0) is 4.79 Å². The van der Waals surface area contributed by atoms with Gasteiger partial charge in [0.2, 0.25) is 0 Å². The summed E-state index contributed by atoms with van der Waals surface area (Å²) in [5.74, 6) is -0.515. The van der Waals surface area contributed by atoms with Crippen LogP contribution in [-0.4, -0.2) is 28.5 Å². The molecule has 0 saturated heterocycles. The summed E-state index contributed by atoms with van der Waals surface area (Å²) < 4.78 is 0. The second-order valence-corrected chi connectivity index (χ2v) is 5.77. The van der Waals surface area contributed by atoms with Crippen molar-refractivity contribution in [2.24, 2.45) is 5.92 Å². The highest BCUT2D eigenvalue weighted by Gasteiger charge is 2.06. The number of aliphatic carboxylic acids is 1. The maximum Gasteiger partial charge on any atom is 0.308 e. The van der Waals surface area contributed by atoms with Gasteiger partial charge < -0.3 is 10.2 Å². The highest BCUT2D eigenvalue weighted by molar-refractivity contribution is 7.80. The SMILES string of the molecule is CC(CO)C(=O)O.CCCCCCCCCCCCS. The Bertz CT molecular complexity index is 188. The Morgan fingerprint density at radius 2 is 1.35 bits per heavy atom. The smallest absolute Gasteiger partial charge is 0.308 e. The molecule has 2 N–H and O–H groups in total. The third-order valence-electron chi connectivity index (χ3n) is 3.21. The summed E-state index contributed by atoms with van der Waals surface area (Å²) >= 11 is 4.20. The van der Waals surface area contributed by atoms with E-state index in [4.69, 9.17) is 10.2 Å². The Labute approximate surface area is 130 Å². The van der Waals surface area contributed by atoms with Gasteiger partial charge in [-0.2, -0.15) is 12.6 Å². The average Bonchev–Trinajstić information content (AvgIpc) is 2.45. The molecule has 0 heterocycles. The summed E-state index contributed by atoms with van der Waals surface area (Å²) in [7, 11) is 0. The molecule has 1 unspecified atom stereocenters. The first-order valence-electron chi connectivity index (χ1n) is 8.04. The van der Waals surface area contributed by atoms with Gasteiger partial charge in [-0.25, -0.2) is 0 Å². The summed E-state index contributed by atoms with van der Waals surface area (Å²) in [6.45, 7) is 3.44. The van der Waals surface area contributed by atoms with Crippen LogP contribution in [0.1, 0.15) is 78.1 Å². The number of rotatable bonds is 12. The highest BCUT2D eigenvalue weighted by Crippen LogP contribution is 2.10. The van der Waals surface area contributed by atoms with Gasteiger partial charge in [0.05, 0.1) is 12.5 Å². The van der Waals surface area contributed by atoms with Crippen molar-refractivity contribution >= 4 is 18.6 Å². The van der Waals surface area contributed by atoms with E-state index in [-0.39, 0.29) is 6.61 Å². The zero-order valence-electron chi connectivity index (χ0n) is 13.3. The minimum absolute atomic E-state index is 0.282. The summed E-state index contributed by atoms with van der Waals surface area (Å²) in [6, 6.07) is 0. The predicted molar refractivity (Wildman–Crippen MR) is 89.6 cm³/mol. The third-order valence-corrected chi connectivity index (χ3v) is 3.52. The normalized spacial score (nSPS) is 11.6. The molecule has 0 rings (SSSR count). The Hall–Kier alpha value is -0.220. The standard InChI is InChI=1S/C12H26S.C4H8O3/c1-2-3-4-5-6-7-8-9-10-11-12-13;1-3(2-5)4(6)7/h13H,2-12H2,1H3;3,5H,2H2,1H3,(H,6,7). The van der Waals surface area contributed by atoms with Crippen molar-refractivity contribution in [1.82, 2.24) is 0 Å². The van der Waals surface area contributed by atoms with Crippen LogP contribution < -0.4 is 0 Å². The van der Waals surface area contributed by atoms with Crippen LogP contribution >= 0.6 is 12.6 Å². The van der Waals surface area contributed by atoms with Gasteiger partial charge in [-0.15, -0.1) is 0 Å². The molecule has 0 amide bonds. The van der Waals surface area contributed by atoms with Crippen molar-refractivity contribution in [2.75, 3.05) is 12.4 Å². The molecular weight excluding hydrogens is 272 g/mol. The molecule has 20 heavy (non-hydrogen) atoms. The lowest BCUT2D eigenvalue weighted by atomic mass is 10.1. The van der Waals surface area contributed by atoms with E-state index in [1.54, 1.807) is 0 Å². The van der Waals surface area contributed by atoms with E-state index in [0.717, 1.165) is 5.75 Å². The number of carboxylic acid groups (broad SMARTS) is 1. The lowest BCUT2D eigenvalue weighted by Gasteiger charge is -2.00. The van der Waals surface area contributed by atoms with E-state index in [1.165, 1.54) is 71.1 Å². The zero-order valence-corrected chi connectivity index (χ0v) is 14.2. The van der Waals surface area contributed by atoms with Gasteiger partial charge >= 0.3 is 5.97 Å². The molecule has 0 aliphatic carbocycles. The number of carboxylic acids is 1. The first-order chi connectivity index (χ1) is 9.59. The van der Waals surface area contributed by atoms with E-state index < -0.39 is 11.9 Å². The highest BCUT2D eigenvalue weighted by atomic mass is 32.1. The third kappa shape index (κ3) is 20.1. The fourth-order valence-electron chi connectivity index (χ4n) is 1.68. The van der Waals surface area contributed by atoms with Crippen molar-refractivity contribution in [3.63, 3.8) is 0 Å². The molecule has 0 aromatic carbocycles. The van der Waals surface area contributed by atoms with Crippen molar-refractivity contribution in [3.05, 3.63) is 0 Å². The van der Waals surface area contributed by atoms with E-state index >= 15 is 0 Å². The Morgan fingerprint density at radius 3 is 1.60 bits per heavy atom. The van der Waals surface area contributed by atoms with E-state index in [2.05, 4.69) is 19.6 Å². The average molecular weight is 307 g/mol. The molecular formula is C16H34O3S. The predicted octanol–water partition coefficient (Wildman–Crippen LogP) is 4.54. The number of hydrogen-bond acceptors (Lipinski definition) is 3. The Balaban J connectivity index is 0. The van der Waals surface area contributed by atoms with Gasteiger partial charge in [0.15, 0.2) is 0 Å². The largest absolute Gasteiger partial charge is 0.481 e. The van der Waals surface area contributed by atoms with Crippen LogP contribution in [0.2, 0.25) is 0 Å². The summed E-state index contributed by atoms with van der Waals surface area (Å²) in [5, 5.41) is 16.1. The molecule has 0 spiro atoms. The second-order valence-electron chi connectivity index (χ2n) is 5.33. The van der Waals surface area contributed by atoms with Crippen molar-refractivity contribution in [2.45, 2.75) is 78.1 Å². The lowest BCUT2D eigenvalue weighted by molar-refractivity contribution is -0.142. The van der Waals surface area contributed by atoms with Crippen LogP contribution in [0.5, 0.6) is 0 Å². The number of carbonyl (C=O) groups is 1. The minimum Gasteiger partial charge on any atom is -0.481 e. The van der Waals surface area contributed by atoms with Gasteiger partial charge in [0, 0.05) is 0 Å². The van der Waals surface area contributed by atoms with Gasteiger partial charge in [0.25, 0.3) is 0 Å². The van der Waals surface area contributed by atoms with E-state index in [0.29, 0.717) is 0 Å².